The van der Waals surface area contributed by atoms with Crippen molar-refractivity contribution in [2.45, 2.75) is 39.3 Å². The molecule has 27 heavy (non-hydrogen) atoms. The van der Waals surface area contributed by atoms with Gasteiger partial charge in [0.2, 0.25) is 0 Å². The zero-order chi connectivity index (χ0) is 19.3. The first kappa shape index (κ1) is 18.7. The van der Waals surface area contributed by atoms with Gasteiger partial charge in [-0.2, -0.15) is 0 Å². The number of halogens is 1. The number of rotatable bonds is 4. The summed E-state index contributed by atoms with van der Waals surface area (Å²) in [6, 6.07) is 10.6. The molecule has 4 nitrogen and oxygen atoms in total. The molecule has 1 N–H and O–H groups in total. The molecule has 1 aliphatic carbocycles. The molecule has 142 valence electrons. The quantitative estimate of drug-likeness (QED) is 0.613. The first-order valence-electron chi connectivity index (χ1n) is 9.35. The van der Waals surface area contributed by atoms with Crippen molar-refractivity contribution in [3.63, 3.8) is 0 Å². The van der Waals surface area contributed by atoms with E-state index in [1.54, 1.807) is 7.11 Å². The highest BCUT2D eigenvalue weighted by Crippen LogP contribution is 2.56. The minimum absolute atomic E-state index is 0.00509. The molecule has 0 saturated carbocycles. The summed E-state index contributed by atoms with van der Waals surface area (Å²) in [4.78, 5) is 4.70. The molecule has 0 spiro atoms. The number of nitrogens with zero attached hydrogens (tertiary/aromatic N) is 2. The highest BCUT2D eigenvalue weighted by atomic mass is 79.9. The first-order valence-corrected chi connectivity index (χ1v) is 10.1. The molecule has 0 bridgehead atoms. The van der Waals surface area contributed by atoms with E-state index in [0.29, 0.717) is 0 Å². The topological polar surface area (TPSA) is 47.3 Å². The molecule has 1 aromatic carbocycles. The summed E-state index contributed by atoms with van der Waals surface area (Å²) in [7, 11) is 1.74. The molecule has 0 aliphatic heterocycles. The van der Waals surface area contributed by atoms with Crippen LogP contribution in [0.25, 0.3) is 22.2 Å². The summed E-state index contributed by atoms with van der Waals surface area (Å²) in [6.45, 7) is 7.33. The Morgan fingerprint density at radius 3 is 2.74 bits per heavy atom. The second-order valence-electron chi connectivity index (χ2n) is 7.88. The maximum Gasteiger partial charge on any atom is 0.107 e. The monoisotopic (exact) mass is 428 g/mol. The number of aromatic nitrogens is 2. The molecule has 0 saturated heterocycles. The molecule has 2 atom stereocenters. The van der Waals surface area contributed by atoms with Gasteiger partial charge in [-0.1, -0.05) is 29.8 Å². The van der Waals surface area contributed by atoms with Crippen molar-refractivity contribution in [2.75, 3.05) is 13.7 Å². The largest absolute Gasteiger partial charge is 0.396 e. The van der Waals surface area contributed by atoms with E-state index in [2.05, 4.69) is 65.5 Å². The number of fused-ring (bicyclic) bond motifs is 5. The lowest BCUT2D eigenvalue weighted by atomic mass is 9.67. The minimum Gasteiger partial charge on any atom is -0.396 e. The van der Waals surface area contributed by atoms with Gasteiger partial charge in [0.05, 0.1) is 11.4 Å². The van der Waals surface area contributed by atoms with Crippen molar-refractivity contribution >= 4 is 26.8 Å². The Hall–Kier alpha value is -1.69. The Bertz CT molecular complexity index is 1010. The third-order valence-electron chi connectivity index (χ3n) is 5.86. The van der Waals surface area contributed by atoms with Gasteiger partial charge in [-0.15, -0.1) is 0 Å². The molecular weight excluding hydrogens is 404 g/mol. The second kappa shape index (κ2) is 6.73. The molecule has 0 amide bonds. The molecule has 1 unspecified atom stereocenters. The molecule has 3 aromatic rings. The fraction of sp³-hybridized carbons (Fsp3) is 0.409. The molecule has 4 rings (SSSR count). The summed E-state index contributed by atoms with van der Waals surface area (Å²) in [5.74, 6) is -0.00509. The number of hydrogen-bond donors (Lipinski definition) is 1. The van der Waals surface area contributed by atoms with Crippen molar-refractivity contribution in [1.29, 1.82) is 0 Å². The number of methoxy groups -OCH3 is 1. The lowest BCUT2D eigenvalue weighted by molar-refractivity contribution is 0.00950. The molecule has 2 aromatic heterocycles. The van der Waals surface area contributed by atoms with E-state index < -0.39 is 0 Å². The standard InChI is InChI=1S/C22H25BrN2O2/c1-5-25-16-9-8-13(23)11-15(16)17-18(22(2,3)12-26)21(27-4)19-14(20(17)25)7-6-10-24-19/h6-11,18,21,26H,5,12H2,1-4H3/t18?,21-/m0/s1. The fourth-order valence-corrected chi connectivity index (χ4v) is 4.95. The average molecular weight is 429 g/mol. The normalized spacial score (nSPS) is 19.2. The Labute approximate surface area is 168 Å². The summed E-state index contributed by atoms with van der Waals surface area (Å²) >= 11 is 3.64. The van der Waals surface area contributed by atoms with Crippen LogP contribution in [0.15, 0.2) is 41.0 Å². The molecule has 1 aliphatic rings. The van der Waals surface area contributed by atoms with E-state index in [0.717, 1.165) is 22.3 Å². The number of aryl methyl sites for hydroxylation is 1. The van der Waals surface area contributed by atoms with Crippen LogP contribution in [-0.4, -0.2) is 28.4 Å². The van der Waals surface area contributed by atoms with Gasteiger partial charge < -0.3 is 14.4 Å². The molecule has 2 heterocycles. The van der Waals surface area contributed by atoms with Crippen LogP contribution < -0.4 is 0 Å². The predicted molar refractivity (Wildman–Crippen MR) is 112 cm³/mol. The molecule has 0 fully saturated rings. The van der Waals surface area contributed by atoms with Crippen LogP contribution in [0.4, 0.5) is 0 Å². The third-order valence-corrected chi connectivity index (χ3v) is 6.35. The Balaban J connectivity index is 2.18. The molecule has 0 radical (unpaired) electrons. The summed E-state index contributed by atoms with van der Waals surface area (Å²) in [5, 5.41) is 11.4. The number of pyridine rings is 1. The van der Waals surface area contributed by atoms with Crippen LogP contribution in [0, 0.1) is 5.41 Å². The number of benzene rings is 1. The van der Waals surface area contributed by atoms with Gasteiger partial charge >= 0.3 is 0 Å². The van der Waals surface area contributed by atoms with Gasteiger partial charge in [0, 0.05) is 53.3 Å². The number of ether oxygens (including phenoxy) is 1. The first-order chi connectivity index (χ1) is 12.9. The molecule has 5 heteroatoms. The van der Waals surface area contributed by atoms with Gasteiger partial charge in [0.25, 0.3) is 0 Å². The zero-order valence-corrected chi connectivity index (χ0v) is 17.7. The maximum atomic E-state index is 10.2. The average Bonchev–Trinajstić information content (AvgIpc) is 3.00. The van der Waals surface area contributed by atoms with Crippen molar-refractivity contribution in [1.82, 2.24) is 9.55 Å². The van der Waals surface area contributed by atoms with E-state index in [9.17, 15) is 5.11 Å². The van der Waals surface area contributed by atoms with Crippen molar-refractivity contribution in [3.8, 4) is 11.3 Å². The van der Waals surface area contributed by atoms with Gasteiger partial charge in [-0.05, 0) is 48.2 Å². The van der Waals surface area contributed by atoms with E-state index in [4.69, 9.17) is 9.72 Å². The van der Waals surface area contributed by atoms with Crippen LogP contribution >= 0.6 is 15.9 Å². The summed E-state index contributed by atoms with van der Waals surface area (Å²) < 4.78 is 9.42. The summed E-state index contributed by atoms with van der Waals surface area (Å²) in [5.41, 5.74) is 5.37. The van der Waals surface area contributed by atoms with Crippen molar-refractivity contribution < 1.29 is 9.84 Å². The van der Waals surface area contributed by atoms with Crippen LogP contribution in [0.5, 0.6) is 0 Å². The van der Waals surface area contributed by atoms with Crippen LogP contribution in [0.2, 0.25) is 0 Å². The molecular formula is C22H25BrN2O2. The zero-order valence-electron chi connectivity index (χ0n) is 16.2. The highest BCUT2D eigenvalue weighted by Gasteiger charge is 2.46. The Morgan fingerprint density at radius 2 is 2.07 bits per heavy atom. The van der Waals surface area contributed by atoms with E-state index in [-0.39, 0.29) is 24.0 Å². The SMILES string of the molecule is CCn1c2c(c3cc(Br)ccc31)C(C(C)(C)CO)[C@H](OC)c1ncccc1-2. The van der Waals surface area contributed by atoms with Gasteiger partial charge in [-0.25, -0.2) is 0 Å². The smallest absolute Gasteiger partial charge is 0.107 e. The number of aliphatic hydroxyl groups is 1. The number of aliphatic hydroxyl groups excluding tert-OH is 1. The highest BCUT2D eigenvalue weighted by molar-refractivity contribution is 9.10. The van der Waals surface area contributed by atoms with E-state index in [1.165, 1.54) is 22.2 Å². The van der Waals surface area contributed by atoms with Gasteiger partial charge in [0.15, 0.2) is 0 Å². The van der Waals surface area contributed by atoms with Gasteiger partial charge in [-0.3, -0.25) is 4.98 Å². The Kier molecular flexibility index (Phi) is 4.65. The van der Waals surface area contributed by atoms with Crippen LogP contribution in [0.3, 0.4) is 0 Å². The fourth-order valence-electron chi connectivity index (χ4n) is 4.59. The van der Waals surface area contributed by atoms with Crippen LogP contribution in [-0.2, 0) is 11.3 Å². The lowest BCUT2D eigenvalue weighted by Crippen LogP contribution is -2.34. The van der Waals surface area contributed by atoms with Gasteiger partial charge in [0.1, 0.15) is 6.10 Å². The van der Waals surface area contributed by atoms with Crippen LogP contribution in [0.1, 0.15) is 44.1 Å². The van der Waals surface area contributed by atoms with E-state index >= 15 is 0 Å². The van der Waals surface area contributed by atoms with Crippen molar-refractivity contribution in [2.24, 2.45) is 5.41 Å². The van der Waals surface area contributed by atoms with E-state index in [1.807, 2.05) is 12.3 Å². The number of hydrogen-bond acceptors (Lipinski definition) is 3. The summed E-state index contributed by atoms with van der Waals surface area (Å²) in [6.07, 6.45) is 1.62. The maximum absolute atomic E-state index is 10.2. The lowest BCUT2D eigenvalue weighted by Gasteiger charge is -2.41. The predicted octanol–water partition coefficient (Wildman–Crippen LogP) is 5.29. The Morgan fingerprint density at radius 1 is 1.30 bits per heavy atom. The third kappa shape index (κ3) is 2.67. The minimum atomic E-state index is -0.361. The van der Waals surface area contributed by atoms with Crippen molar-refractivity contribution in [3.05, 3.63) is 52.3 Å². The second-order valence-corrected chi connectivity index (χ2v) is 8.80.